The third-order valence-electron chi connectivity index (χ3n) is 4.41. The van der Waals surface area contributed by atoms with E-state index in [1.807, 2.05) is 31.2 Å². The highest BCUT2D eigenvalue weighted by atomic mass is 127. The predicted molar refractivity (Wildman–Crippen MR) is 115 cm³/mol. The summed E-state index contributed by atoms with van der Waals surface area (Å²) in [6.45, 7) is 9.24. The smallest absolute Gasteiger partial charge is 0.191 e. The number of aliphatic imine (C=N–C) groups is 1. The fraction of sp³-hybridized carbons (Fsp3) is 0.526. The van der Waals surface area contributed by atoms with Gasteiger partial charge >= 0.3 is 0 Å². The Labute approximate surface area is 171 Å². The molecule has 6 nitrogen and oxygen atoms in total. The number of rotatable bonds is 6. The quantitative estimate of drug-likeness (QED) is 0.381. The summed E-state index contributed by atoms with van der Waals surface area (Å²) in [4.78, 5) is 4.30. The van der Waals surface area contributed by atoms with Crippen molar-refractivity contribution in [2.75, 3.05) is 33.4 Å². The van der Waals surface area contributed by atoms with Crippen LogP contribution in [0.4, 0.5) is 0 Å². The number of ether oxygens (including phenoxy) is 2. The molecule has 1 aliphatic rings. The maximum absolute atomic E-state index is 6.05. The van der Waals surface area contributed by atoms with E-state index in [0.29, 0.717) is 6.61 Å². The second kappa shape index (κ2) is 8.94. The van der Waals surface area contributed by atoms with E-state index in [9.17, 15) is 0 Å². The number of nitrogens with zero attached hydrogens (tertiary/aromatic N) is 1. The van der Waals surface area contributed by atoms with Gasteiger partial charge in [0.05, 0.1) is 25.9 Å². The molecule has 1 fully saturated rings. The summed E-state index contributed by atoms with van der Waals surface area (Å²) in [5.41, 5.74) is 0.974. The number of hydrogen-bond donors (Lipinski definition) is 2. The van der Waals surface area contributed by atoms with Crippen LogP contribution in [0.1, 0.15) is 32.6 Å². The van der Waals surface area contributed by atoms with Gasteiger partial charge < -0.3 is 24.5 Å². The molecule has 1 unspecified atom stereocenters. The van der Waals surface area contributed by atoms with Crippen LogP contribution in [0.5, 0.6) is 5.75 Å². The Bertz CT molecular complexity index is 756. The van der Waals surface area contributed by atoms with Gasteiger partial charge in [0, 0.05) is 24.4 Å². The molecule has 2 aromatic rings. The summed E-state index contributed by atoms with van der Waals surface area (Å²) in [6.07, 6.45) is 0. The lowest BCUT2D eigenvalue weighted by molar-refractivity contribution is -0.0971. The van der Waals surface area contributed by atoms with Crippen molar-refractivity contribution in [3.8, 4) is 5.75 Å². The number of fused-ring (bicyclic) bond motifs is 1. The van der Waals surface area contributed by atoms with E-state index >= 15 is 0 Å². The number of nitrogens with one attached hydrogen (secondary N) is 2. The van der Waals surface area contributed by atoms with Crippen molar-refractivity contribution in [1.29, 1.82) is 0 Å². The van der Waals surface area contributed by atoms with Gasteiger partial charge in [0.15, 0.2) is 17.3 Å². The Morgan fingerprint density at radius 1 is 1.38 bits per heavy atom. The average Bonchev–Trinajstić information content (AvgIpc) is 3.02. The van der Waals surface area contributed by atoms with Crippen LogP contribution in [0.15, 0.2) is 33.7 Å². The molecule has 0 saturated carbocycles. The van der Waals surface area contributed by atoms with Gasteiger partial charge in [-0.15, -0.1) is 24.0 Å². The van der Waals surface area contributed by atoms with E-state index in [-0.39, 0.29) is 35.4 Å². The van der Waals surface area contributed by atoms with E-state index in [4.69, 9.17) is 13.9 Å². The van der Waals surface area contributed by atoms with Gasteiger partial charge in [-0.25, -0.2) is 0 Å². The first-order chi connectivity index (χ1) is 12.0. The van der Waals surface area contributed by atoms with E-state index in [2.05, 4.69) is 29.5 Å². The van der Waals surface area contributed by atoms with Gasteiger partial charge in [-0.3, -0.25) is 4.99 Å². The molecule has 2 heterocycles. The monoisotopic (exact) mass is 473 g/mol. The van der Waals surface area contributed by atoms with Crippen LogP contribution in [-0.2, 0) is 4.74 Å². The molecular weight excluding hydrogens is 445 g/mol. The maximum Gasteiger partial charge on any atom is 0.191 e. The van der Waals surface area contributed by atoms with Gasteiger partial charge in [-0.1, -0.05) is 19.1 Å². The number of halogens is 1. The molecule has 7 heteroatoms. The second-order valence-corrected chi connectivity index (χ2v) is 6.85. The first-order valence-electron chi connectivity index (χ1n) is 8.75. The molecule has 0 bridgehead atoms. The Morgan fingerprint density at radius 2 is 2.15 bits per heavy atom. The number of benzene rings is 1. The minimum absolute atomic E-state index is 0. The molecule has 1 aromatic carbocycles. The van der Waals surface area contributed by atoms with Crippen molar-refractivity contribution < 1.29 is 13.9 Å². The molecule has 3 rings (SSSR count). The third-order valence-corrected chi connectivity index (χ3v) is 4.41. The highest BCUT2D eigenvalue weighted by Gasteiger charge is 2.33. The van der Waals surface area contributed by atoms with E-state index in [0.717, 1.165) is 48.2 Å². The lowest BCUT2D eigenvalue weighted by Gasteiger charge is -2.38. The van der Waals surface area contributed by atoms with Crippen LogP contribution in [-0.4, -0.2) is 39.4 Å². The Hall–Kier alpha value is -1.48. The van der Waals surface area contributed by atoms with Crippen molar-refractivity contribution >= 4 is 40.9 Å². The Balaban J connectivity index is 0.00000243. The third kappa shape index (κ3) is 4.62. The van der Waals surface area contributed by atoms with Gasteiger partial charge in [-0.2, -0.15) is 0 Å². The summed E-state index contributed by atoms with van der Waals surface area (Å²) in [7, 11) is 1.77. The van der Waals surface area contributed by atoms with Crippen LogP contribution in [0.25, 0.3) is 11.0 Å². The minimum atomic E-state index is -0.0153. The van der Waals surface area contributed by atoms with Crippen molar-refractivity contribution in [1.82, 2.24) is 10.6 Å². The van der Waals surface area contributed by atoms with Crippen LogP contribution < -0.4 is 15.4 Å². The van der Waals surface area contributed by atoms with Crippen LogP contribution in [0.2, 0.25) is 0 Å². The van der Waals surface area contributed by atoms with Crippen LogP contribution in [0, 0.1) is 5.41 Å². The van der Waals surface area contributed by atoms with E-state index < -0.39 is 0 Å². The standard InChI is InChI=1S/C19H27N3O3.HI/c1-5-24-15-8-6-7-14-9-16(25-17(14)15)13(2)22-18(20-4)21-10-19(3)11-23-12-19;/h6-9,13H,5,10-12H2,1-4H3,(H2,20,21,22);1H. The molecule has 1 aliphatic heterocycles. The predicted octanol–water partition coefficient (Wildman–Crippen LogP) is 3.71. The molecule has 144 valence electrons. The number of hydrogen-bond acceptors (Lipinski definition) is 4. The van der Waals surface area contributed by atoms with Crippen molar-refractivity contribution in [2.45, 2.75) is 26.8 Å². The largest absolute Gasteiger partial charge is 0.490 e. The first-order valence-corrected chi connectivity index (χ1v) is 8.75. The molecule has 1 aromatic heterocycles. The summed E-state index contributed by atoms with van der Waals surface area (Å²) in [6, 6.07) is 7.97. The van der Waals surface area contributed by atoms with Gasteiger partial charge in [0.25, 0.3) is 0 Å². The summed E-state index contributed by atoms with van der Waals surface area (Å²) >= 11 is 0. The maximum atomic E-state index is 6.05. The number of furan rings is 1. The Kier molecular flexibility index (Phi) is 7.16. The zero-order valence-corrected chi connectivity index (χ0v) is 18.1. The van der Waals surface area contributed by atoms with E-state index in [1.54, 1.807) is 7.05 Å². The summed E-state index contributed by atoms with van der Waals surface area (Å²) in [5, 5.41) is 7.79. The molecule has 1 saturated heterocycles. The first kappa shape index (κ1) is 20.8. The summed E-state index contributed by atoms with van der Waals surface area (Å²) < 4.78 is 17.0. The molecule has 0 spiro atoms. The molecule has 1 atom stereocenters. The Morgan fingerprint density at radius 3 is 2.77 bits per heavy atom. The lowest BCUT2D eigenvalue weighted by atomic mass is 9.89. The number of para-hydroxylation sites is 1. The SMILES string of the molecule is CCOc1cccc2cc(C(C)NC(=NC)NCC3(C)COC3)oc12.I. The van der Waals surface area contributed by atoms with Gasteiger partial charge in [0.1, 0.15) is 5.76 Å². The topological polar surface area (TPSA) is 68.0 Å². The van der Waals surface area contributed by atoms with Crippen LogP contribution in [0.3, 0.4) is 0 Å². The molecule has 0 radical (unpaired) electrons. The van der Waals surface area contributed by atoms with E-state index in [1.165, 1.54) is 0 Å². The highest BCUT2D eigenvalue weighted by Crippen LogP contribution is 2.31. The average molecular weight is 473 g/mol. The molecule has 0 amide bonds. The minimum Gasteiger partial charge on any atom is -0.490 e. The lowest BCUT2D eigenvalue weighted by Crippen LogP contribution is -2.51. The highest BCUT2D eigenvalue weighted by molar-refractivity contribution is 14.0. The van der Waals surface area contributed by atoms with Crippen molar-refractivity contribution in [2.24, 2.45) is 10.4 Å². The fourth-order valence-corrected chi connectivity index (χ4v) is 2.86. The fourth-order valence-electron chi connectivity index (χ4n) is 2.86. The zero-order chi connectivity index (χ0) is 17.9. The molecule has 2 N–H and O–H groups in total. The van der Waals surface area contributed by atoms with Crippen molar-refractivity contribution in [3.63, 3.8) is 0 Å². The number of guanidine groups is 1. The zero-order valence-electron chi connectivity index (χ0n) is 15.8. The van der Waals surface area contributed by atoms with Gasteiger partial charge in [0.2, 0.25) is 0 Å². The second-order valence-electron chi connectivity index (χ2n) is 6.85. The normalized spacial score (nSPS) is 17.2. The molecule has 0 aliphatic carbocycles. The molecular formula is C19H28IN3O3. The summed E-state index contributed by atoms with van der Waals surface area (Å²) in [5.74, 6) is 2.38. The molecule has 26 heavy (non-hydrogen) atoms. The van der Waals surface area contributed by atoms with Gasteiger partial charge in [-0.05, 0) is 26.0 Å². The van der Waals surface area contributed by atoms with Crippen molar-refractivity contribution in [3.05, 3.63) is 30.0 Å². The van der Waals surface area contributed by atoms with Crippen LogP contribution >= 0.6 is 24.0 Å².